The minimum atomic E-state index is -0.217. The summed E-state index contributed by atoms with van der Waals surface area (Å²) in [6, 6.07) is 24.0. The van der Waals surface area contributed by atoms with Gasteiger partial charge in [-0.2, -0.15) is 0 Å². The van der Waals surface area contributed by atoms with E-state index in [9.17, 15) is 9.59 Å². The van der Waals surface area contributed by atoms with Gasteiger partial charge in [-0.1, -0.05) is 66.7 Å². The van der Waals surface area contributed by atoms with Gasteiger partial charge in [-0.05, 0) is 30.0 Å². The number of rotatable bonds is 4. The number of nitrogens with one attached hydrogen (secondary N) is 1. The Labute approximate surface area is 229 Å². The van der Waals surface area contributed by atoms with Gasteiger partial charge in [0, 0.05) is 62.7 Å². The molecule has 1 spiro atoms. The second-order valence-corrected chi connectivity index (χ2v) is 10.7. The summed E-state index contributed by atoms with van der Waals surface area (Å²) in [7, 11) is 0. The molecule has 3 aliphatic heterocycles. The maximum atomic E-state index is 13.9. The van der Waals surface area contributed by atoms with E-state index in [0.717, 1.165) is 35.2 Å². The number of aromatic nitrogens is 1. The topological polar surface area (TPSA) is 78.1 Å². The van der Waals surface area contributed by atoms with E-state index >= 15 is 0 Å². The fourth-order valence-electron chi connectivity index (χ4n) is 6.23. The Morgan fingerprint density at radius 3 is 2.36 bits per heavy atom. The van der Waals surface area contributed by atoms with Gasteiger partial charge in [-0.3, -0.25) is 9.69 Å². The number of ether oxygens (including phenoxy) is 2. The van der Waals surface area contributed by atoms with Crippen molar-refractivity contribution >= 4 is 6.03 Å². The second kappa shape index (κ2) is 11.3. The lowest BCUT2D eigenvalue weighted by atomic mass is 9.85. The van der Waals surface area contributed by atoms with Crippen molar-refractivity contribution in [2.75, 3.05) is 52.6 Å². The summed E-state index contributed by atoms with van der Waals surface area (Å²) in [5.74, 6) is 0. The van der Waals surface area contributed by atoms with E-state index in [1.54, 1.807) is 0 Å². The van der Waals surface area contributed by atoms with Gasteiger partial charge in [-0.25, -0.2) is 4.79 Å². The Morgan fingerprint density at radius 1 is 0.872 bits per heavy atom. The molecular weight excluding hydrogens is 492 g/mol. The first-order valence-corrected chi connectivity index (χ1v) is 13.9. The van der Waals surface area contributed by atoms with Gasteiger partial charge in [0.05, 0.1) is 19.3 Å². The van der Waals surface area contributed by atoms with Crippen LogP contribution in [0.3, 0.4) is 0 Å². The predicted molar refractivity (Wildman–Crippen MR) is 149 cm³/mol. The molecule has 3 saturated heterocycles. The standard InChI is InChI=1S/C31H36N4O4/c36-29-26(11-12-27(32-29)24-7-3-1-4-8-24)21-34-16-15-33(23-31(34)13-18-38-19-14-31)30(37)35-17-20-39-22-28(35)25-9-5-2-6-10-25/h1-12,28H,13-23H2,(H,32,36). The highest BCUT2D eigenvalue weighted by Crippen LogP contribution is 2.34. The number of H-pyrrole nitrogens is 1. The molecule has 0 radical (unpaired) electrons. The van der Waals surface area contributed by atoms with Crippen LogP contribution >= 0.6 is 0 Å². The van der Waals surface area contributed by atoms with Gasteiger partial charge in [0.2, 0.25) is 0 Å². The van der Waals surface area contributed by atoms with E-state index < -0.39 is 0 Å². The summed E-state index contributed by atoms with van der Waals surface area (Å²) in [5.41, 5.74) is 3.38. The van der Waals surface area contributed by atoms with E-state index in [-0.39, 0.29) is 23.2 Å². The van der Waals surface area contributed by atoms with Crippen molar-refractivity contribution in [2.45, 2.75) is 31.0 Å². The average molecular weight is 529 g/mol. The van der Waals surface area contributed by atoms with Gasteiger partial charge in [-0.15, -0.1) is 0 Å². The van der Waals surface area contributed by atoms with Crippen LogP contribution in [0.5, 0.6) is 0 Å². The number of hydrogen-bond acceptors (Lipinski definition) is 5. The van der Waals surface area contributed by atoms with Crippen LogP contribution in [-0.4, -0.2) is 83.9 Å². The number of hydrogen-bond donors (Lipinski definition) is 1. The van der Waals surface area contributed by atoms with Crippen LogP contribution in [0.1, 0.15) is 30.0 Å². The summed E-state index contributed by atoms with van der Waals surface area (Å²) >= 11 is 0. The molecule has 39 heavy (non-hydrogen) atoms. The molecule has 204 valence electrons. The molecule has 1 N–H and O–H groups in total. The van der Waals surface area contributed by atoms with Crippen LogP contribution in [0.2, 0.25) is 0 Å². The Hall–Kier alpha value is -3.46. The first-order chi connectivity index (χ1) is 19.1. The lowest BCUT2D eigenvalue weighted by molar-refractivity contribution is -0.0738. The van der Waals surface area contributed by atoms with Gasteiger partial charge < -0.3 is 24.3 Å². The highest BCUT2D eigenvalue weighted by molar-refractivity contribution is 5.75. The minimum absolute atomic E-state index is 0.0592. The molecule has 1 atom stereocenters. The number of amides is 2. The number of nitrogens with zero attached hydrogens (tertiary/aromatic N) is 3. The number of pyridine rings is 1. The number of carbonyl (C=O) groups excluding carboxylic acids is 1. The van der Waals surface area contributed by atoms with Gasteiger partial charge >= 0.3 is 6.03 Å². The molecule has 6 rings (SSSR count). The molecule has 1 unspecified atom stereocenters. The highest BCUT2D eigenvalue weighted by atomic mass is 16.5. The zero-order chi connectivity index (χ0) is 26.7. The molecule has 8 heteroatoms. The van der Waals surface area contributed by atoms with Crippen molar-refractivity contribution in [3.8, 4) is 11.3 Å². The quantitative estimate of drug-likeness (QED) is 0.556. The zero-order valence-corrected chi connectivity index (χ0v) is 22.3. The molecule has 0 aliphatic carbocycles. The third kappa shape index (κ3) is 5.37. The number of morpholine rings is 1. The average Bonchev–Trinajstić information content (AvgIpc) is 3.00. The maximum absolute atomic E-state index is 13.9. The molecule has 4 heterocycles. The Morgan fingerprint density at radius 2 is 1.62 bits per heavy atom. The fourth-order valence-corrected chi connectivity index (χ4v) is 6.23. The SMILES string of the molecule is O=C(N1CCN(Cc2ccc(-c3ccccc3)[nH]c2=O)C2(CCOCC2)C1)N1CCOCC1c1ccccc1. The number of urea groups is 1. The van der Waals surface area contributed by atoms with Crippen molar-refractivity contribution in [2.24, 2.45) is 0 Å². The van der Waals surface area contributed by atoms with Crippen molar-refractivity contribution in [3.63, 3.8) is 0 Å². The lowest BCUT2D eigenvalue weighted by Gasteiger charge is -2.53. The highest BCUT2D eigenvalue weighted by Gasteiger charge is 2.45. The number of piperazine rings is 1. The molecule has 0 bridgehead atoms. The molecule has 0 saturated carbocycles. The van der Waals surface area contributed by atoms with Crippen LogP contribution < -0.4 is 5.56 Å². The normalized spacial score (nSPS) is 21.7. The van der Waals surface area contributed by atoms with E-state index in [2.05, 4.69) is 22.0 Å². The minimum Gasteiger partial charge on any atom is -0.381 e. The number of benzene rings is 2. The fraction of sp³-hybridized carbons (Fsp3) is 0.419. The first-order valence-electron chi connectivity index (χ1n) is 13.9. The van der Waals surface area contributed by atoms with E-state index in [0.29, 0.717) is 59.2 Å². The van der Waals surface area contributed by atoms with Crippen molar-refractivity contribution in [3.05, 3.63) is 94.3 Å². The molecule has 3 fully saturated rings. The molecule has 2 aromatic carbocycles. The maximum Gasteiger partial charge on any atom is 0.320 e. The van der Waals surface area contributed by atoms with Crippen molar-refractivity contribution < 1.29 is 14.3 Å². The Balaban J connectivity index is 1.21. The molecule has 2 amide bonds. The van der Waals surface area contributed by atoms with Gasteiger partial charge in [0.25, 0.3) is 5.56 Å². The van der Waals surface area contributed by atoms with Gasteiger partial charge in [0.15, 0.2) is 0 Å². The van der Waals surface area contributed by atoms with E-state index in [4.69, 9.17) is 9.47 Å². The summed E-state index contributed by atoms with van der Waals surface area (Å²) in [6.45, 7) is 5.49. The molecular formula is C31H36N4O4. The van der Waals surface area contributed by atoms with Crippen LogP contribution in [0.15, 0.2) is 77.6 Å². The van der Waals surface area contributed by atoms with E-state index in [1.807, 2.05) is 70.5 Å². The van der Waals surface area contributed by atoms with E-state index in [1.165, 1.54) is 0 Å². The number of aromatic amines is 1. The molecule has 1 aromatic heterocycles. The van der Waals surface area contributed by atoms with Crippen LogP contribution in [-0.2, 0) is 16.0 Å². The zero-order valence-electron chi connectivity index (χ0n) is 22.3. The summed E-state index contributed by atoms with van der Waals surface area (Å²) in [4.78, 5) is 36.6. The third-order valence-electron chi connectivity index (χ3n) is 8.49. The smallest absolute Gasteiger partial charge is 0.320 e. The first kappa shape index (κ1) is 25.8. The second-order valence-electron chi connectivity index (χ2n) is 10.7. The number of carbonyl (C=O) groups is 1. The Bertz CT molecular complexity index is 1320. The van der Waals surface area contributed by atoms with Gasteiger partial charge in [0.1, 0.15) is 0 Å². The van der Waals surface area contributed by atoms with Crippen LogP contribution in [0.25, 0.3) is 11.3 Å². The van der Waals surface area contributed by atoms with Crippen molar-refractivity contribution in [1.29, 1.82) is 0 Å². The van der Waals surface area contributed by atoms with Crippen LogP contribution in [0.4, 0.5) is 4.79 Å². The third-order valence-corrected chi connectivity index (χ3v) is 8.49. The largest absolute Gasteiger partial charge is 0.381 e. The monoisotopic (exact) mass is 528 g/mol. The molecule has 3 aromatic rings. The molecule has 3 aliphatic rings. The summed E-state index contributed by atoms with van der Waals surface area (Å²) in [5, 5.41) is 0. The summed E-state index contributed by atoms with van der Waals surface area (Å²) < 4.78 is 11.5. The van der Waals surface area contributed by atoms with Crippen LogP contribution in [0, 0.1) is 0 Å². The predicted octanol–water partition coefficient (Wildman–Crippen LogP) is 3.90. The summed E-state index contributed by atoms with van der Waals surface area (Å²) in [6.07, 6.45) is 1.67. The Kier molecular flexibility index (Phi) is 7.50. The van der Waals surface area contributed by atoms with Crippen molar-refractivity contribution in [1.82, 2.24) is 19.7 Å². The molecule has 8 nitrogen and oxygen atoms in total. The lowest BCUT2D eigenvalue weighted by Crippen LogP contribution is -2.66.